The number of nitrogens with one attached hydrogen (secondary N) is 1. The minimum absolute atomic E-state index is 0.241. The Morgan fingerprint density at radius 3 is 2.76 bits per heavy atom. The number of nitrogens with zero attached hydrogens (tertiary/aromatic N) is 3. The molecule has 8 heteroatoms. The summed E-state index contributed by atoms with van der Waals surface area (Å²) in [6, 6.07) is 13.6. The minimum Gasteiger partial charge on any atom is -0.449 e. The van der Waals surface area contributed by atoms with E-state index in [1.807, 2.05) is 36.4 Å². The van der Waals surface area contributed by atoms with Crippen molar-refractivity contribution in [2.45, 2.75) is 6.54 Å². The van der Waals surface area contributed by atoms with Crippen LogP contribution in [-0.4, -0.2) is 41.0 Å². The second-order valence-corrected chi connectivity index (χ2v) is 8.53. The van der Waals surface area contributed by atoms with E-state index in [9.17, 15) is 4.79 Å². The molecule has 0 radical (unpaired) electrons. The Balaban J connectivity index is 1.36. The van der Waals surface area contributed by atoms with Crippen molar-refractivity contribution in [1.29, 1.82) is 0 Å². The Labute approximate surface area is 180 Å². The highest BCUT2D eigenvalue weighted by molar-refractivity contribution is 9.10. The second-order valence-electron chi connectivity index (χ2n) is 7.18. The largest absolute Gasteiger partial charge is 0.449 e. The van der Waals surface area contributed by atoms with Crippen LogP contribution in [0.4, 0.5) is 5.69 Å². The molecule has 0 atom stereocenters. The fourth-order valence-corrected chi connectivity index (χ4v) is 4.34. The third-order valence-electron chi connectivity index (χ3n) is 5.25. The van der Waals surface area contributed by atoms with E-state index in [-0.39, 0.29) is 11.1 Å². The van der Waals surface area contributed by atoms with E-state index in [1.54, 1.807) is 0 Å². The average molecular weight is 474 g/mol. The van der Waals surface area contributed by atoms with Crippen LogP contribution in [0.2, 0.25) is 5.02 Å². The number of piperazine rings is 1. The van der Waals surface area contributed by atoms with E-state index in [0.29, 0.717) is 23.5 Å². The fourth-order valence-electron chi connectivity index (χ4n) is 3.80. The van der Waals surface area contributed by atoms with E-state index in [1.165, 1.54) is 0 Å². The molecule has 1 fully saturated rings. The third-order valence-corrected chi connectivity index (χ3v) is 5.98. The van der Waals surface area contributed by atoms with Crippen LogP contribution in [0.25, 0.3) is 22.1 Å². The molecule has 2 aromatic carbocycles. The predicted molar refractivity (Wildman–Crippen MR) is 119 cm³/mol. The van der Waals surface area contributed by atoms with Crippen LogP contribution in [0, 0.1) is 0 Å². The summed E-state index contributed by atoms with van der Waals surface area (Å²) in [5.74, 6) is 0.654. The van der Waals surface area contributed by atoms with Gasteiger partial charge in [0.15, 0.2) is 0 Å². The van der Waals surface area contributed by atoms with Crippen LogP contribution in [0.3, 0.4) is 0 Å². The monoisotopic (exact) mass is 472 g/mol. The highest BCUT2D eigenvalue weighted by atomic mass is 79.9. The summed E-state index contributed by atoms with van der Waals surface area (Å²) in [5.41, 5.74) is 2.44. The van der Waals surface area contributed by atoms with Crippen LogP contribution >= 0.6 is 27.5 Å². The van der Waals surface area contributed by atoms with Crippen molar-refractivity contribution in [1.82, 2.24) is 14.9 Å². The maximum atomic E-state index is 12.5. The van der Waals surface area contributed by atoms with Gasteiger partial charge in [0.2, 0.25) is 5.58 Å². The molecule has 1 aliphatic heterocycles. The van der Waals surface area contributed by atoms with Crippen molar-refractivity contribution in [3.63, 3.8) is 0 Å². The third kappa shape index (κ3) is 3.66. The number of aromatic nitrogens is 2. The quantitative estimate of drug-likeness (QED) is 0.477. The molecule has 0 bridgehead atoms. The maximum absolute atomic E-state index is 12.5. The summed E-state index contributed by atoms with van der Waals surface area (Å²) < 4.78 is 6.62. The zero-order valence-corrected chi connectivity index (χ0v) is 17.8. The number of anilines is 1. The van der Waals surface area contributed by atoms with Gasteiger partial charge in [-0.3, -0.25) is 9.69 Å². The molecule has 1 saturated heterocycles. The van der Waals surface area contributed by atoms with Gasteiger partial charge in [0, 0.05) is 46.7 Å². The molecule has 0 amide bonds. The molecule has 0 aliphatic carbocycles. The first-order chi connectivity index (χ1) is 14.1. The lowest BCUT2D eigenvalue weighted by molar-refractivity contribution is 0.244. The Morgan fingerprint density at radius 2 is 1.97 bits per heavy atom. The van der Waals surface area contributed by atoms with Gasteiger partial charge in [-0.05, 0) is 36.4 Å². The van der Waals surface area contributed by atoms with Crippen LogP contribution in [-0.2, 0) is 6.54 Å². The van der Waals surface area contributed by atoms with Gasteiger partial charge in [-0.15, -0.1) is 0 Å². The molecule has 0 saturated carbocycles. The first kappa shape index (κ1) is 18.7. The highest BCUT2D eigenvalue weighted by Gasteiger charge is 2.20. The Hall–Kier alpha value is -2.35. The van der Waals surface area contributed by atoms with Crippen molar-refractivity contribution in [2.24, 2.45) is 0 Å². The van der Waals surface area contributed by atoms with Gasteiger partial charge in [0.25, 0.3) is 5.56 Å². The van der Waals surface area contributed by atoms with Crippen molar-refractivity contribution in [3.8, 4) is 0 Å². The van der Waals surface area contributed by atoms with Gasteiger partial charge in [-0.1, -0.05) is 33.6 Å². The van der Waals surface area contributed by atoms with Crippen LogP contribution in [0.1, 0.15) is 5.82 Å². The fraction of sp³-hybridized carbons (Fsp3) is 0.238. The predicted octanol–water partition coefficient (Wildman–Crippen LogP) is 4.41. The zero-order valence-electron chi connectivity index (χ0n) is 15.5. The summed E-state index contributed by atoms with van der Waals surface area (Å²) >= 11 is 9.59. The standard InChI is InChI=1S/C21H18BrClN4O2/c22-13-4-5-17-16(10-13)19-20(29-17)21(28)25-18(24-19)12-26-6-8-27(9-7-26)15-3-1-2-14(23)11-15/h1-5,10-11H,6-9,12H2,(H,24,25,28). The van der Waals surface area contributed by atoms with Gasteiger partial charge in [0.1, 0.15) is 16.9 Å². The SMILES string of the molecule is O=c1[nH]c(CN2CCN(c3cccc(Cl)c3)CC2)nc2c1oc1ccc(Br)cc12. The molecular formula is C21H18BrClN4O2. The molecule has 3 heterocycles. The van der Waals surface area contributed by atoms with Gasteiger partial charge < -0.3 is 14.3 Å². The van der Waals surface area contributed by atoms with Gasteiger partial charge in [0.05, 0.1) is 6.54 Å². The molecule has 29 heavy (non-hydrogen) atoms. The van der Waals surface area contributed by atoms with Crippen molar-refractivity contribution in [2.75, 3.05) is 31.1 Å². The molecular weight excluding hydrogens is 456 g/mol. The van der Waals surface area contributed by atoms with E-state index in [0.717, 1.165) is 46.7 Å². The van der Waals surface area contributed by atoms with Crippen LogP contribution in [0.15, 0.2) is 56.1 Å². The first-order valence-corrected chi connectivity index (χ1v) is 10.6. The first-order valence-electron chi connectivity index (χ1n) is 9.41. The lowest BCUT2D eigenvalue weighted by atomic mass is 10.2. The Bertz CT molecular complexity index is 1260. The number of H-pyrrole nitrogens is 1. The molecule has 0 spiro atoms. The highest BCUT2D eigenvalue weighted by Crippen LogP contribution is 2.28. The molecule has 5 rings (SSSR count). The van der Waals surface area contributed by atoms with E-state index >= 15 is 0 Å². The topological polar surface area (TPSA) is 65.4 Å². The average Bonchev–Trinajstić information content (AvgIpc) is 3.07. The lowest BCUT2D eigenvalue weighted by Crippen LogP contribution is -2.46. The lowest BCUT2D eigenvalue weighted by Gasteiger charge is -2.35. The molecule has 6 nitrogen and oxygen atoms in total. The maximum Gasteiger partial charge on any atom is 0.294 e. The van der Waals surface area contributed by atoms with E-state index in [2.05, 4.69) is 36.8 Å². The van der Waals surface area contributed by atoms with Crippen molar-refractivity contribution >= 4 is 55.3 Å². The number of halogens is 2. The van der Waals surface area contributed by atoms with Crippen molar-refractivity contribution < 1.29 is 4.42 Å². The van der Waals surface area contributed by atoms with Gasteiger partial charge in [-0.2, -0.15) is 0 Å². The van der Waals surface area contributed by atoms with Gasteiger partial charge in [-0.25, -0.2) is 4.98 Å². The Kier molecular flexibility index (Phi) is 4.81. The van der Waals surface area contributed by atoms with Crippen molar-refractivity contribution in [3.05, 3.63) is 68.1 Å². The normalized spacial score (nSPS) is 15.4. The molecule has 2 aromatic heterocycles. The number of hydrogen-bond acceptors (Lipinski definition) is 5. The molecule has 1 aliphatic rings. The van der Waals surface area contributed by atoms with Crippen LogP contribution in [0.5, 0.6) is 0 Å². The molecule has 148 valence electrons. The number of benzene rings is 2. The zero-order chi connectivity index (χ0) is 20.0. The van der Waals surface area contributed by atoms with E-state index < -0.39 is 0 Å². The summed E-state index contributed by atoms with van der Waals surface area (Å²) in [5, 5.41) is 1.59. The minimum atomic E-state index is -0.241. The number of aromatic amines is 1. The smallest absolute Gasteiger partial charge is 0.294 e. The molecule has 4 aromatic rings. The molecule has 1 N–H and O–H groups in total. The van der Waals surface area contributed by atoms with Gasteiger partial charge >= 0.3 is 0 Å². The summed E-state index contributed by atoms with van der Waals surface area (Å²) in [6.45, 7) is 4.15. The molecule has 0 unspecified atom stereocenters. The number of furan rings is 1. The van der Waals surface area contributed by atoms with E-state index in [4.69, 9.17) is 21.0 Å². The summed E-state index contributed by atoms with van der Waals surface area (Å²) in [6.07, 6.45) is 0. The number of rotatable bonds is 3. The summed E-state index contributed by atoms with van der Waals surface area (Å²) in [4.78, 5) is 24.7. The second kappa shape index (κ2) is 7.48. The summed E-state index contributed by atoms with van der Waals surface area (Å²) in [7, 11) is 0. The number of fused-ring (bicyclic) bond motifs is 3. The Morgan fingerprint density at radius 1 is 1.14 bits per heavy atom. The van der Waals surface area contributed by atoms with Crippen LogP contribution < -0.4 is 10.5 Å². The number of hydrogen-bond donors (Lipinski definition) is 1.